The van der Waals surface area contributed by atoms with Crippen LogP contribution in [0.15, 0.2) is 22.7 Å². The normalized spacial score (nSPS) is 26.1. The summed E-state index contributed by atoms with van der Waals surface area (Å²) in [7, 11) is 0. The molecule has 2 bridgehead atoms. The molecule has 3 heterocycles. The van der Waals surface area contributed by atoms with Crippen LogP contribution in [0.4, 0.5) is 8.78 Å². The number of pyridine rings is 1. The van der Waals surface area contributed by atoms with Crippen molar-refractivity contribution in [3.63, 3.8) is 0 Å². The van der Waals surface area contributed by atoms with E-state index in [1.807, 2.05) is 13.0 Å². The lowest BCUT2D eigenvalue weighted by Gasteiger charge is -2.54. The summed E-state index contributed by atoms with van der Waals surface area (Å²) in [6, 6.07) is 3.70. The minimum atomic E-state index is -2.87. The Balaban J connectivity index is 1.09. The molecule has 0 unspecified atom stereocenters. The first-order valence-corrected chi connectivity index (χ1v) is 13.8. The van der Waals surface area contributed by atoms with Gasteiger partial charge in [-0.2, -0.15) is 0 Å². The molecule has 8 heteroatoms. The second-order valence-electron chi connectivity index (χ2n) is 12.0. The molecule has 4 aliphatic rings. The Morgan fingerprint density at radius 1 is 1.11 bits per heavy atom. The second-order valence-corrected chi connectivity index (χ2v) is 12.0. The number of carbonyl (C=O) groups excluding carboxylic acids is 1. The molecule has 3 fully saturated rings. The van der Waals surface area contributed by atoms with Gasteiger partial charge in [-0.25, -0.2) is 18.7 Å². The Bertz CT molecular complexity index is 1090. The highest BCUT2D eigenvalue weighted by Gasteiger charge is 2.48. The lowest BCUT2D eigenvalue weighted by Crippen LogP contribution is -2.44. The maximum absolute atomic E-state index is 13.1. The van der Waals surface area contributed by atoms with Crippen molar-refractivity contribution in [2.75, 3.05) is 26.2 Å². The minimum Gasteiger partial charge on any atom is -0.471 e. The van der Waals surface area contributed by atoms with Gasteiger partial charge in [-0.3, -0.25) is 4.79 Å². The van der Waals surface area contributed by atoms with Gasteiger partial charge in [-0.1, -0.05) is 6.07 Å². The van der Waals surface area contributed by atoms with Gasteiger partial charge in [0.2, 0.25) is 11.8 Å². The maximum Gasteiger partial charge on any atom is 0.278 e. The van der Waals surface area contributed by atoms with E-state index in [9.17, 15) is 13.6 Å². The largest absolute Gasteiger partial charge is 0.471 e. The van der Waals surface area contributed by atoms with E-state index in [0.717, 1.165) is 70.1 Å². The van der Waals surface area contributed by atoms with Crippen molar-refractivity contribution < 1.29 is 22.7 Å². The Kier molecular flexibility index (Phi) is 7.40. The molecule has 0 saturated heterocycles. The van der Waals surface area contributed by atoms with Crippen molar-refractivity contribution in [2.24, 2.45) is 10.8 Å². The molecular formula is C29H39F2N3O3. The Morgan fingerprint density at radius 2 is 1.81 bits per heavy atom. The lowest BCUT2D eigenvalue weighted by molar-refractivity contribution is -0.124. The van der Waals surface area contributed by atoms with Gasteiger partial charge in [0.15, 0.2) is 6.61 Å². The highest BCUT2D eigenvalue weighted by atomic mass is 19.3. The number of ketones is 1. The molecule has 0 amide bonds. The summed E-state index contributed by atoms with van der Waals surface area (Å²) in [5.74, 6) is -1.03. The van der Waals surface area contributed by atoms with E-state index in [1.165, 1.54) is 31.2 Å². The SMILES string of the molecule is Cc1cnc(CC(=O)CC23CCC(CCN4CCc5ccc(OCC(C)(F)F)nc5CC4)(CC2)CC3)o1. The summed E-state index contributed by atoms with van der Waals surface area (Å²) in [5.41, 5.74) is 2.76. The second kappa shape index (κ2) is 10.4. The molecule has 6 nitrogen and oxygen atoms in total. The van der Waals surface area contributed by atoms with Gasteiger partial charge in [0.1, 0.15) is 11.5 Å². The van der Waals surface area contributed by atoms with Gasteiger partial charge < -0.3 is 14.1 Å². The van der Waals surface area contributed by atoms with Crippen LogP contribution in [0.5, 0.6) is 5.88 Å². The summed E-state index contributed by atoms with van der Waals surface area (Å²) in [6.45, 7) is 5.07. The molecule has 2 aromatic rings. The van der Waals surface area contributed by atoms with Crippen LogP contribution in [0.3, 0.4) is 0 Å². The zero-order valence-corrected chi connectivity index (χ0v) is 22.2. The van der Waals surface area contributed by atoms with Gasteiger partial charge in [0.25, 0.3) is 5.92 Å². The third-order valence-corrected chi connectivity index (χ3v) is 8.98. The molecular weight excluding hydrogens is 476 g/mol. The van der Waals surface area contributed by atoms with Crippen LogP contribution in [0.1, 0.15) is 81.2 Å². The van der Waals surface area contributed by atoms with Gasteiger partial charge in [-0.05, 0) is 81.2 Å². The average Bonchev–Trinajstić information content (AvgIpc) is 3.15. The van der Waals surface area contributed by atoms with Crippen molar-refractivity contribution in [3.8, 4) is 5.88 Å². The number of alkyl halides is 2. The van der Waals surface area contributed by atoms with E-state index in [-0.39, 0.29) is 17.1 Å². The zero-order chi connectivity index (χ0) is 26.1. The molecule has 3 saturated carbocycles. The van der Waals surface area contributed by atoms with Crippen molar-refractivity contribution in [1.29, 1.82) is 0 Å². The number of aromatic nitrogens is 2. The van der Waals surface area contributed by atoms with Gasteiger partial charge in [0.05, 0.1) is 12.6 Å². The number of aryl methyl sites for hydroxylation is 1. The van der Waals surface area contributed by atoms with Crippen molar-refractivity contribution in [3.05, 3.63) is 41.2 Å². The fourth-order valence-electron chi connectivity index (χ4n) is 6.62. The molecule has 202 valence electrons. The number of fused-ring (bicyclic) bond motifs is 4. The molecule has 0 spiro atoms. The third kappa shape index (κ3) is 6.57. The molecule has 1 aliphatic heterocycles. The maximum atomic E-state index is 13.1. The first-order valence-electron chi connectivity index (χ1n) is 13.8. The fourth-order valence-corrected chi connectivity index (χ4v) is 6.62. The first kappa shape index (κ1) is 26.3. The summed E-state index contributed by atoms with van der Waals surface area (Å²) < 4.78 is 37.0. The molecule has 37 heavy (non-hydrogen) atoms. The number of carbonyl (C=O) groups is 1. The van der Waals surface area contributed by atoms with Crippen molar-refractivity contribution in [2.45, 2.75) is 90.4 Å². The lowest BCUT2D eigenvalue weighted by atomic mass is 9.51. The van der Waals surface area contributed by atoms with E-state index < -0.39 is 12.5 Å². The van der Waals surface area contributed by atoms with E-state index in [4.69, 9.17) is 9.15 Å². The first-order chi connectivity index (χ1) is 17.6. The molecule has 6 rings (SSSR count). The zero-order valence-electron chi connectivity index (χ0n) is 22.2. The third-order valence-electron chi connectivity index (χ3n) is 8.98. The number of Topliss-reactive ketones (excluding diaryl/α,β-unsaturated/α-hetero) is 1. The van der Waals surface area contributed by atoms with Crippen LogP contribution in [-0.4, -0.2) is 52.8 Å². The number of oxazole rings is 1. The Hall–Kier alpha value is -2.35. The number of hydrogen-bond donors (Lipinski definition) is 0. The topological polar surface area (TPSA) is 68.5 Å². The summed E-state index contributed by atoms with van der Waals surface area (Å²) in [5, 5.41) is 0. The van der Waals surface area contributed by atoms with Crippen LogP contribution in [0.25, 0.3) is 0 Å². The Morgan fingerprint density at radius 3 is 2.49 bits per heavy atom. The Labute approximate surface area is 218 Å². The number of nitrogens with zero attached hydrogens (tertiary/aromatic N) is 3. The summed E-state index contributed by atoms with van der Waals surface area (Å²) in [4.78, 5) is 24.0. The van der Waals surface area contributed by atoms with Crippen molar-refractivity contribution >= 4 is 5.78 Å². The monoisotopic (exact) mass is 515 g/mol. The van der Waals surface area contributed by atoms with Crippen LogP contribution >= 0.6 is 0 Å². The molecule has 0 aromatic carbocycles. The number of halogens is 2. The standard InChI is InChI=1S/C29H39F2N3O3/c1-21-19-32-26(37-21)17-23(35)18-29-10-7-28(8-11-29,9-12-29)13-16-34-14-5-22-3-4-25(33-24(22)6-15-34)36-20-27(2,30)31/h3-4,19H,5-18,20H2,1-2H3. The van der Waals surface area contributed by atoms with Crippen molar-refractivity contribution in [1.82, 2.24) is 14.9 Å². The molecule has 0 N–H and O–H groups in total. The predicted octanol–water partition coefficient (Wildman–Crippen LogP) is 5.75. The van der Waals surface area contributed by atoms with Gasteiger partial charge in [0, 0.05) is 44.6 Å². The van der Waals surface area contributed by atoms with Crippen LogP contribution in [0.2, 0.25) is 0 Å². The number of ether oxygens (including phenoxy) is 1. The van der Waals surface area contributed by atoms with Crippen LogP contribution in [0, 0.1) is 17.8 Å². The number of hydrogen-bond acceptors (Lipinski definition) is 6. The van der Waals surface area contributed by atoms with E-state index in [1.54, 1.807) is 12.3 Å². The highest BCUT2D eigenvalue weighted by molar-refractivity contribution is 5.80. The minimum absolute atomic E-state index is 0.178. The smallest absolute Gasteiger partial charge is 0.278 e. The molecule has 0 atom stereocenters. The molecule has 3 aliphatic carbocycles. The van der Waals surface area contributed by atoms with Gasteiger partial charge >= 0.3 is 0 Å². The van der Waals surface area contributed by atoms with Crippen LogP contribution < -0.4 is 4.74 Å². The molecule has 0 radical (unpaired) electrons. The predicted molar refractivity (Wildman–Crippen MR) is 136 cm³/mol. The summed E-state index contributed by atoms with van der Waals surface area (Å²) >= 11 is 0. The average molecular weight is 516 g/mol. The highest BCUT2D eigenvalue weighted by Crippen LogP contribution is 2.59. The van der Waals surface area contributed by atoms with Gasteiger partial charge in [-0.15, -0.1) is 0 Å². The number of rotatable bonds is 10. The fraction of sp³-hybridized carbons (Fsp3) is 0.690. The quantitative estimate of drug-likeness (QED) is 0.402. The molecule has 2 aromatic heterocycles. The van der Waals surface area contributed by atoms with Crippen LogP contribution in [-0.2, 0) is 24.1 Å². The van der Waals surface area contributed by atoms with E-state index in [0.29, 0.717) is 24.1 Å². The van der Waals surface area contributed by atoms with E-state index >= 15 is 0 Å². The van der Waals surface area contributed by atoms with E-state index in [2.05, 4.69) is 14.9 Å². The summed E-state index contributed by atoms with van der Waals surface area (Å²) in [6.07, 6.45) is 12.7.